The SMILES string of the molecule is CC(C)c1ccc(/C=C2\SC(Nc3ccccc3F)NC2=O)cc1. The molecule has 3 rings (SSSR count). The molecule has 0 aliphatic carbocycles. The third-order valence-electron chi connectivity index (χ3n) is 3.79. The van der Waals surface area contributed by atoms with Crippen molar-refractivity contribution in [2.45, 2.75) is 25.3 Å². The van der Waals surface area contributed by atoms with Crippen LogP contribution >= 0.6 is 11.8 Å². The lowest BCUT2D eigenvalue weighted by Gasteiger charge is -2.12. The van der Waals surface area contributed by atoms with Crippen molar-refractivity contribution < 1.29 is 9.18 Å². The third kappa shape index (κ3) is 3.79. The Kier molecular flexibility index (Phi) is 4.90. The number of halogens is 1. The van der Waals surface area contributed by atoms with E-state index in [1.165, 1.54) is 23.4 Å². The standard InChI is InChI=1S/C19H19FN2OS/c1-12(2)14-9-7-13(8-10-14)11-17-18(23)22-19(24-17)21-16-6-4-3-5-15(16)20/h3-12,19,21H,1-2H3,(H,22,23)/b17-11-. The quantitative estimate of drug-likeness (QED) is 0.801. The Labute approximate surface area is 145 Å². The molecule has 2 aromatic rings. The summed E-state index contributed by atoms with van der Waals surface area (Å²) in [5.41, 5.74) is 2.23. The highest BCUT2D eigenvalue weighted by Gasteiger charge is 2.27. The molecule has 0 saturated carbocycles. The molecular weight excluding hydrogens is 323 g/mol. The van der Waals surface area contributed by atoms with Gasteiger partial charge in [-0.15, -0.1) is 0 Å². The summed E-state index contributed by atoms with van der Waals surface area (Å²) in [6.45, 7) is 4.29. The maximum absolute atomic E-state index is 13.7. The Bertz CT molecular complexity index is 771. The fourth-order valence-corrected chi connectivity index (χ4v) is 3.39. The van der Waals surface area contributed by atoms with E-state index in [0.717, 1.165) is 5.56 Å². The summed E-state index contributed by atoms with van der Waals surface area (Å²) in [4.78, 5) is 12.7. The largest absolute Gasteiger partial charge is 0.354 e. The van der Waals surface area contributed by atoms with Gasteiger partial charge < -0.3 is 10.6 Å². The number of anilines is 1. The lowest BCUT2D eigenvalue weighted by atomic mass is 10.0. The molecule has 2 aromatic carbocycles. The number of benzene rings is 2. The molecule has 1 fully saturated rings. The number of carbonyl (C=O) groups is 1. The van der Waals surface area contributed by atoms with Gasteiger partial charge in [0.1, 0.15) is 5.82 Å². The van der Waals surface area contributed by atoms with Crippen molar-refractivity contribution >= 4 is 29.4 Å². The number of hydrogen-bond donors (Lipinski definition) is 2. The second-order valence-corrected chi connectivity index (χ2v) is 7.07. The van der Waals surface area contributed by atoms with E-state index in [9.17, 15) is 9.18 Å². The molecule has 0 bridgehead atoms. The molecule has 0 aromatic heterocycles. The normalized spacial score (nSPS) is 18.9. The van der Waals surface area contributed by atoms with E-state index in [2.05, 4.69) is 36.6 Å². The van der Waals surface area contributed by atoms with E-state index in [1.54, 1.807) is 18.2 Å². The number of nitrogens with one attached hydrogen (secondary N) is 2. The molecule has 1 amide bonds. The van der Waals surface area contributed by atoms with Crippen molar-refractivity contribution in [1.29, 1.82) is 0 Å². The van der Waals surface area contributed by atoms with Crippen LogP contribution in [-0.4, -0.2) is 11.4 Å². The van der Waals surface area contributed by atoms with Crippen molar-refractivity contribution in [3.8, 4) is 0 Å². The van der Waals surface area contributed by atoms with E-state index in [0.29, 0.717) is 16.5 Å². The molecule has 3 nitrogen and oxygen atoms in total. The Morgan fingerprint density at radius 2 is 1.88 bits per heavy atom. The van der Waals surface area contributed by atoms with Crippen LogP contribution in [0.2, 0.25) is 0 Å². The first kappa shape index (κ1) is 16.6. The summed E-state index contributed by atoms with van der Waals surface area (Å²) >= 11 is 1.35. The van der Waals surface area contributed by atoms with E-state index in [1.807, 2.05) is 18.2 Å². The van der Waals surface area contributed by atoms with Gasteiger partial charge in [0.15, 0.2) is 5.50 Å². The van der Waals surface area contributed by atoms with Crippen LogP contribution in [0.4, 0.5) is 10.1 Å². The van der Waals surface area contributed by atoms with Crippen LogP contribution in [0.15, 0.2) is 53.4 Å². The highest BCUT2D eigenvalue weighted by atomic mass is 32.2. The van der Waals surface area contributed by atoms with Gasteiger partial charge in [-0.2, -0.15) is 0 Å². The number of amides is 1. The molecule has 5 heteroatoms. The van der Waals surface area contributed by atoms with Gasteiger partial charge in [-0.1, -0.05) is 62.0 Å². The van der Waals surface area contributed by atoms with Crippen molar-refractivity contribution in [3.63, 3.8) is 0 Å². The number of thioether (sulfide) groups is 1. The summed E-state index contributed by atoms with van der Waals surface area (Å²) in [6.07, 6.45) is 1.85. The average Bonchev–Trinajstić information content (AvgIpc) is 2.90. The topological polar surface area (TPSA) is 41.1 Å². The predicted octanol–water partition coefficient (Wildman–Crippen LogP) is 4.55. The molecule has 1 aliphatic rings. The number of carbonyl (C=O) groups excluding carboxylic acids is 1. The highest BCUT2D eigenvalue weighted by Crippen LogP contribution is 2.31. The van der Waals surface area contributed by atoms with Gasteiger partial charge in [-0.25, -0.2) is 4.39 Å². The molecule has 0 spiro atoms. The monoisotopic (exact) mass is 342 g/mol. The second-order valence-electron chi connectivity index (χ2n) is 5.93. The first-order valence-corrected chi connectivity index (χ1v) is 8.71. The summed E-state index contributed by atoms with van der Waals surface area (Å²) in [7, 11) is 0. The summed E-state index contributed by atoms with van der Waals surface area (Å²) in [5, 5.41) is 5.80. The van der Waals surface area contributed by atoms with Gasteiger partial charge in [0.25, 0.3) is 5.91 Å². The van der Waals surface area contributed by atoms with Gasteiger partial charge in [0, 0.05) is 0 Å². The van der Waals surface area contributed by atoms with Gasteiger partial charge in [-0.3, -0.25) is 4.79 Å². The van der Waals surface area contributed by atoms with Crippen LogP contribution in [-0.2, 0) is 4.79 Å². The Balaban J connectivity index is 1.71. The average molecular weight is 342 g/mol. The van der Waals surface area contributed by atoms with Gasteiger partial charge in [0.05, 0.1) is 10.6 Å². The summed E-state index contributed by atoms with van der Waals surface area (Å²) in [6, 6.07) is 14.6. The number of rotatable bonds is 4. The Hall–Kier alpha value is -2.27. The Morgan fingerprint density at radius 3 is 2.54 bits per heavy atom. The first-order valence-electron chi connectivity index (χ1n) is 7.83. The fourth-order valence-electron chi connectivity index (χ4n) is 2.41. The zero-order chi connectivity index (χ0) is 17.1. The van der Waals surface area contributed by atoms with Gasteiger partial charge >= 0.3 is 0 Å². The van der Waals surface area contributed by atoms with Crippen molar-refractivity contribution in [1.82, 2.24) is 5.32 Å². The molecular formula is C19H19FN2OS. The minimum atomic E-state index is -0.379. The molecule has 1 atom stereocenters. The highest BCUT2D eigenvalue weighted by molar-refractivity contribution is 8.05. The fraction of sp³-hybridized carbons (Fsp3) is 0.211. The van der Waals surface area contributed by atoms with Crippen molar-refractivity contribution in [3.05, 3.63) is 70.4 Å². The second kappa shape index (κ2) is 7.09. The zero-order valence-electron chi connectivity index (χ0n) is 13.5. The minimum Gasteiger partial charge on any atom is -0.354 e. The molecule has 2 N–H and O–H groups in total. The van der Waals surface area contributed by atoms with E-state index < -0.39 is 0 Å². The van der Waals surface area contributed by atoms with Crippen LogP contribution in [0.1, 0.15) is 30.9 Å². The lowest BCUT2D eigenvalue weighted by Crippen LogP contribution is -2.31. The molecule has 124 valence electrons. The van der Waals surface area contributed by atoms with E-state index in [4.69, 9.17) is 0 Å². The van der Waals surface area contributed by atoms with Crippen molar-refractivity contribution in [2.75, 3.05) is 5.32 Å². The maximum atomic E-state index is 13.7. The van der Waals surface area contributed by atoms with Crippen LogP contribution < -0.4 is 10.6 Å². The molecule has 1 saturated heterocycles. The van der Waals surface area contributed by atoms with Crippen molar-refractivity contribution in [2.24, 2.45) is 0 Å². The summed E-state index contributed by atoms with van der Waals surface area (Å²) < 4.78 is 13.7. The molecule has 1 heterocycles. The van der Waals surface area contributed by atoms with Gasteiger partial charge in [0.2, 0.25) is 0 Å². The van der Waals surface area contributed by atoms with Crippen LogP contribution in [0.25, 0.3) is 6.08 Å². The maximum Gasteiger partial charge on any atom is 0.260 e. The third-order valence-corrected chi connectivity index (χ3v) is 4.82. The molecule has 24 heavy (non-hydrogen) atoms. The molecule has 1 unspecified atom stereocenters. The molecule has 0 radical (unpaired) electrons. The van der Waals surface area contributed by atoms with Crippen LogP contribution in [0, 0.1) is 5.82 Å². The minimum absolute atomic E-state index is 0.151. The predicted molar refractivity (Wildman–Crippen MR) is 98.1 cm³/mol. The zero-order valence-corrected chi connectivity index (χ0v) is 14.4. The molecule has 1 aliphatic heterocycles. The lowest BCUT2D eigenvalue weighted by molar-refractivity contribution is -0.116. The van der Waals surface area contributed by atoms with Crippen LogP contribution in [0.3, 0.4) is 0 Å². The number of para-hydroxylation sites is 1. The Morgan fingerprint density at radius 1 is 1.17 bits per heavy atom. The summed E-state index contributed by atoms with van der Waals surface area (Å²) in [5.74, 6) is -0.0129. The van der Waals surface area contributed by atoms with Crippen LogP contribution in [0.5, 0.6) is 0 Å². The first-order chi connectivity index (χ1) is 11.5. The number of hydrogen-bond acceptors (Lipinski definition) is 3. The van der Waals surface area contributed by atoms with Gasteiger partial charge in [-0.05, 0) is 35.3 Å². The smallest absolute Gasteiger partial charge is 0.260 e. The van der Waals surface area contributed by atoms with E-state index >= 15 is 0 Å². The van der Waals surface area contributed by atoms with E-state index in [-0.39, 0.29) is 17.2 Å².